The van der Waals surface area contributed by atoms with Gasteiger partial charge in [-0.15, -0.1) is 0 Å². The van der Waals surface area contributed by atoms with Gasteiger partial charge >= 0.3 is 0 Å². The summed E-state index contributed by atoms with van der Waals surface area (Å²) in [6.45, 7) is 9.40. The summed E-state index contributed by atoms with van der Waals surface area (Å²) in [6, 6.07) is 101. The van der Waals surface area contributed by atoms with Crippen molar-refractivity contribution in [1.82, 2.24) is 0 Å². The average molecular weight is 961 g/mol. The zero-order chi connectivity index (χ0) is 50.7. The molecule has 358 valence electrons. The van der Waals surface area contributed by atoms with Gasteiger partial charge < -0.3 is 9.80 Å². The molecule has 0 radical (unpaired) electrons. The first-order valence-electron chi connectivity index (χ1n) is 26.4. The van der Waals surface area contributed by atoms with Crippen LogP contribution >= 0.6 is 0 Å². The van der Waals surface area contributed by atoms with E-state index in [-0.39, 0.29) is 17.5 Å². The van der Waals surface area contributed by atoms with Crippen LogP contribution in [0.1, 0.15) is 49.9 Å². The van der Waals surface area contributed by atoms with E-state index >= 15 is 0 Å². The smallest absolute Gasteiger partial charge is 0.252 e. The molecule has 0 saturated carbocycles. The van der Waals surface area contributed by atoms with Crippen LogP contribution in [0, 0.1) is 0 Å². The van der Waals surface area contributed by atoms with Crippen LogP contribution in [0.2, 0.25) is 0 Å². The summed E-state index contributed by atoms with van der Waals surface area (Å²) in [4.78, 5) is 5.17. The van der Waals surface area contributed by atoms with Crippen LogP contribution in [0.25, 0.3) is 44.5 Å². The fourth-order valence-corrected chi connectivity index (χ4v) is 12.0. The monoisotopic (exact) mass is 960 g/mol. The summed E-state index contributed by atoms with van der Waals surface area (Å²) in [5.41, 5.74) is 24.8. The molecule has 2 nitrogen and oxygen atoms in total. The first kappa shape index (κ1) is 45.9. The van der Waals surface area contributed by atoms with Gasteiger partial charge in [0.05, 0.1) is 0 Å². The van der Waals surface area contributed by atoms with Gasteiger partial charge in [-0.1, -0.05) is 240 Å². The normalized spacial score (nSPS) is 12.7. The van der Waals surface area contributed by atoms with Crippen LogP contribution in [0.4, 0.5) is 34.1 Å². The van der Waals surface area contributed by atoms with Crippen LogP contribution in [-0.2, 0) is 10.8 Å². The molecule has 0 aliphatic carbocycles. The lowest BCUT2D eigenvalue weighted by Gasteiger charge is -2.45. The van der Waals surface area contributed by atoms with Crippen molar-refractivity contribution < 1.29 is 0 Å². The second-order valence-electron chi connectivity index (χ2n) is 21.3. The van der Waals surface area contributed by atoms with Gasteiger partial charge in [0.25, 0.3) is 6.71 Å². The van der Waals surface area contributed by atoms with Crippen molar-refractivity contribution in [3.63, 3.8) is 0 Å². The van der Waals surface area contributed by atoms with Crippen molar-refractivity contribution >= 4 is 57.2 Å². The molecule has 0 bridgehead atoms. The van der Waals surface area contributed by atoms with Crippen LogP contribution in [0.15, 0.2) is 273 Å². The Morgan fingerprint density at radius 3 is 0.880 bits per heavy atom. The van der Waals surface area contributed by atoms with Crippen LogP contribution < -0.4 is 26.2 Å². The predicted octanol–water partition coefficient (Wildman–Crippen LogP) is 17.1. The minimum atomic E-state index is -0.273. The fraction of sp³-hybridized carbons (Fsp3) is 0.0833. The Labute approximate surface area is 443 Å². The lowest BCUT2D eigenvalue weighted by Crippen LogP contribution is -2.61. The largest absolute Gasteiger partial charge is 0.311 e. The highest BCUT2D eigenvalue weighted by molar-refractivity contribution is 7.00. The van der Waals surface area contributed by atoms with Gasteiger partial charge in [-0.3, -0.25) is 0 Å². The molecule has 2 heterocycles. The molecule has 0 atom stereocenters. The number of hydrogen-bond acceptors (Lipinski definition) is 2. The van der Waals surface area contributed by atoms with E-state index in [9.17, 15) is 0 Å². The van der Waals surface area contributed by atoms with Crippen molar-refractivity contribution in [1.29, 1.82) is 0 Å². The SMILES string of the molecule is CC(C)(c1ccccc1)c1ccc2c(c1)N(c1cc(-c3ccccc3)cc(-c3ccccc3)c1)c1cccc3c1B2c1ccc(C(C)(C)c2ccccc2)cc1N3c1cc(-c2ccccc2)cc(-c2ccccc2)c1. The molecule has 11 aromatic rings. The first-order chi connectivity index (χ1) is 36.7. The summed E-state index contributed by atoms with van der Waals surface area (Å²) in [7, 11) is 0. The van der Waals surface area contributed by atoms with Gasteiger partial charge in [0.2, 0.25) is 0 Å². The average Bonchev–Trinajstić information content (AvgIpc) is 3.55. The number of nitrogens with zero attached hydrogens (tertiary/aromatic N) is 2. The van der Waals surface area contributed by atoms with E-state index < -0.39 is 0 Å². The summed E-state index contributed by atoms with van der Waals surface area (Å²) in [6.07, 6.45) is 0. The lowest BCUT2D eigenvalue weighted by molar-refractivity contribution is 0.641. The highest BCUT2D eigenvalue weighted by Gasteiger charge is 2.44. The number of rotatable bonds is 10. The molecule has 3 heteroatoms. The van der Waals surface area contributed by atoms with E-state index in [2.05, 4.69) is 310 Å². The Balaban J connectivity index is 1.11. The quantitative estimate of drug-likeness (QED) is 0.126. The maximum atomic E-state index is 2.58. The maximum absolute atomic E-state index is 2.58. The van der Waals surface area contributed by atoms with Crippen molar-refractivity contribution in [2.45, 2.75) is 38.5 Å². The standard InChI is InChI=1S/C72H57BN2/c1-71(2,58-32-19-9-20-33-58)60-38-40-64-68(48-60)74(62-44-54(50-24-11-5-12-25-50)42-55(45-62)51-26-13-6-14-27-51)66-36-23-37-67-70(66)73(64)65-41-39-61(72(3,4)59-34-21-10-22-35-59)49-69(65)75(67)63-46-56(52-28-15-7-16-29-52)43-57(47-63)53-30-17-8-18-31-53/h5-49H,1-4H3. The summed E-state index contributed by atoms with van der Waals surface area (Å²) >= 11 is 0. The van der Waals surface area contributed by atoms with Crippen molar-refractivity contribution in [3.05, 3.63) is 295 Å². The van der Waals surface area contributed by atoms with Gasteiger partial charge in [-0.05, 0) is 144 Å². The highest BCUT2D eigenvalue weighted by Crippen LogP contribution is 2.49. The second kappa shape index (κ2) is 18.5. The molecule has 0 N–H and O–H groups in total. The number of hydrogen-bond donors (Lipinski definition) is 0. The topological polar surface area (TPSA) is 6.48 Å². The molecular formula is C72H57BN2. The Morgan fingerprint density at radius 2 is 0.560 bits per heavy atom. The summed E-state index contributed by atoms with van der Waals surface area (Å²) < 4.78 is 0. The molecule has 11 aromatic carbocycles. The number of anilines is 6. The highest BCUT2D eigenvalue weighted by atomic mass is 15.2. The van der Waals surface area contributed by atoms with Gasteiger partial charge in [-0.2, -0.15) is 0 Å². The fourth-order valence-electron chi connectivity index (χ4n) is 12.0. The summed E-state index contributed by atoms with van der Waals surface area (Å²) in [5.74, 6) is 0. The Kier molecular flexibility index (Phi) is 11.3. The summed E-state index contributed by atoms with van der Waals surface area (Å²) in [5, 5.41) is 0. The minimum Gasteiger partial charge on any atom is -0.311 e. The van der Waals surface area contributed by atoms with Crippen molar-refractivity contribution in [2.75, 3.05) is 9.80 Å². The molecule has 0 saturated heterocycles. The molecule has 0 fully saturated rings. The molecule has 0 unspecified atom stereocenters. The van der Waals surface area contributed by atoms with E-state index in [1.165, 1.54) is 106 Å². The van der Waals surface area contributed by atoms with Crippen molar-refractivity contribution in [2.24, 2.45) is 0 Å². The van der Waals surface area contributed by atoms with Gasteiger partial charge in [0.1, 0.15) is 0 Å². The Hall–Kier alpha value is -8.92. The molecule has 0 spiro atoms. The molecule has 2 aliphatic heterocycles. The van der Waals surface area contributed by atoms with Crippen LogP contribution in [-0.4, -0.2) is 6.71 Å². The zero-order valence-electron chi connectivity index (χ0n) is 43.0. The van der Waals surface area contributed by atoms with E-state index in [4.69, 9.17) is 0 Å². The van der Waals surface area contributed by atoms with Gasteiger partial charge in [0, 0.05) is 45.0 Å². The zero-order valence-corrected chi connectivity index (χ0v) is 43.0. The Morgan fingerprint density at radius 1 is 0.253 bits per heavy atom. The first-order valence-corrected chi connectivity index (χ1v) is 26.4. The van der Waals surface area contributed by atoms with Crippen molar-refractivity contribution in [3.8, 4) is 44.5 Å². The predicted molar refractivity (Wildman–Crippen MR) is 319 cm³/mol. The van der Waals surface area contributed by atoms with E-state index in [0.29, 0.717) is 0 Å². The lowest BCUT2D eigenvalue weighted by atomic mass is 9.33. The minimum absolute atomic E-state index is 0.0618. The third kappa shape index (κ3) is 8.08. The molecule has 2 aliphatic rings. The third-order valence-electron chi connectivity index (χ3n) is 16.2. The van der Waals surface area contributed by atoms with Crippen LogP contribution in [0.3, 0.4) is 0 Å². The van der Waals surface area contributed by atoms with E-state index in [0.717, 1.165) is 11.4 Å². The second-order valence-corrected chi connectivity index (χ2v) is 21.3. The molecule has 13 rings (SSSR count). The number of benzene rings is 11. The molecule has 0 amide bonds. The number of fused-ring (bicyclic) bond motifs is 4. The molecule has 0 aromatic heterocycles. The Bertz CT molecular complexity index is 3500. The van der Waals surface area contributed by atoms with Gasteiger partial charge in [0.15, 0.2) is 0 Å². The van der Waals surface area contributed by atoms with E-state index in [1.54, 1.807) is 0 Å². The van der Waals surface area contributed by atoms with Gasteiger partial charge in [-0.25, -0.2) is 0 Å². The molecular weight excluding hydrogens is 904 g/mol. The van der Waals surface area contributed by atoms with Crippen LogP contribution in [0.5, 0.6) is 0 Å². The maximum Gasteiger partial charge on any atom is 0.252 e. The molecule has 75 heavy (non-hydrogen) atoms. The van der Waals surface area contributed by atoms with E-state index in [1.807, 2.05) is 0 Å². The third-order valence-corrected chi connectivity index (χ3v) is 16.2.